The second kappa shape index (κ2) is 11.0. The van der Waals surface area contributed by atoms with Gasteiger partial charge in [-0.2, -0.15) is 0 Å². The molecule has 0 saturated carbocycles. The number of benzene rings is 3. The Bertz CT molecular complexity index is 2660. The topological polar surface area (TPSA) is 166 Å². The summed E-state index contributed by atoms with van der Waals surface area (Å²) < 4.78 is 0. The summed E-state index contributed by atoms with van der Waals surface area (Å²) >= 11 is 12.6. The van der Waals surface area contributed by atoms with Crippen molar-refractivity contribution in [2.24, 2.45) is 0 Å². The number of hydrogen-bond acceptors (Lipinski definition) is 6. The lowest BCUT2D eigenvalue weighted by Gasteiger charge is -2.16. The zero-order chi connectivity index (χ0) is 33.3. The summed E-state index contributed by atoms with van der Waals surface area (Å²) in [6.45, 7) is 3.85. The normalized spacial score (nSPS) is 11.6. The maximum Gasteiger partial charge on any atom is 0.341 e. The molecule has 0 amide bonds. The van der Waals surface area contributed by atoms with Crippen LogP contribution in [0.4, 0.5) is 0 Å². The molecule has 0 atom stereocenters. The third-order valence-corrected chi connectivity index (χ3v) is 8.75. The van der Waals surface area contributed by atoms with Crippen LogP contribution in [0.5, 0.6) is 0 Å². The summed E-state index contributed by atoms with van der Waals surface area (Å²) in [7, 11) is 0. The van der Waals surface area contributed by atoms with Gasteiger partial charge in [0, 0.05) is 39.7 Å². The molecule has 0 saturated heterocycles. The molecule has 7 aromatic rings. The first-order chi connectivity index (χ1) is 22.4. The smallest absolute Gasteiger partial charge is 0.341 e. The summed E-state index contributed by atoms with van der Waals surface area (Å²) in [5.41, 5.74) is 3.21. The molecule has 232 valence electrons. The maximum absolute atomic E-state index is 13.6. The van der Waals surface area contributed by atoms with Crippen molar-refractivity contribution in [1.82, 2.24) is 19.9 Å². The van der Waals surface area contributed by atoms with Crippen molar-refractivity contribution in [3.63, 3.8) is 0 Å². The molecule has 4 N–H and O–H groups in total. The number of pyridine rings is 4. The average Bonchev–Trinajstić information content (AvgIpc) is 3.01. The molecule has 12 heteroatoms. The van der Waals surface area contributed by atoms with Crippen LogP contribution in [0, 0.1) is 13.8 Å². The molecular weight excluding hydrogens is 643 g/mol. The Hall–Kier alpha value is -5.58. The lowest BCUT2D eigenvalue weighted by molar-refractivity contribution is 0.0684. The van der Waals surface area contributed by atoms with Crippen LogP contribution in [0.1, 0.15) is 43.0 Å². The fourth-order valence-corrected chi connectivity index (χ4v) is 6.69. The molecule has 7 rings (SSSR count). The van der Waals surface area contributed by atoms with Crippen LogP contribution in [0.15, 0.2) is 70.5 Å². The van der Waals surface area contributed by atoms with Crippen LogP contribution in [0.2, 0.25) is 10.3 Å². The highest BCUT2D eigenvalue weighted by Gasteiger charge is 2.23. The molecule has 0 spiro atoms. The molecule has 0 radical (unpaired) electrons. The highest BCUT2D eigenvalue weighted by molar-refractivity contribution is 6.30. The number of aryl methyl sites for hydroxylation is 2. The molecule has 4 aromatic heterocycles. The van der Waals surface area contributed by atoms with Gasteiger partial charge >= 0.3 is 11.9 Å². The first-order valence-corrected chi connectivity index (χ1v) is 15.0. The number of H-pyrrole nitrogens is 2. The van der Waals surface area contributed by atoms with Crippen molar-refractivity contribution in [2.45, 2.75) is 20.3 Å². The molecule has 3 aromatic carbocycles. The standard InChI is InChI=1S/C35H22Cl2N4O6/c1-14-5-26(36)40-25-4-3-16(8-18(14)25)7-17-9-19-15(2)6-27(37)41-29(19)20(10-17)21-11-22-31(39-12-23(32(22)42)34(44)45)28-30(21)38-13-24(33(28)43)35(46)47/h3-6,8-13H,7H2,1-2H3,(H,38,43)(H,39,42)(H,44,45)(H,46,47). The minimum atomic E-state index is -1.46. The van der Waals surface area contributed by atoms with Gasteiger partial charge in [-0.1, -0.05) is 29.3 Å². The van der Waals surface area contributed by atoms with Crippen molar-refractivity contribution in [1.29, 1.82) is 0 Å². The lowest BCUT2D eigenvalue weighted by Crippen LogP contribution is -2.19. The van der Waals surface area contributed by atoms with Crippen LogP contribution in [-0.2, 0) is 6.42 Å². The highest BCUT2D eigenvalue weighted by Crippen LogP contribution is 2.37. The molecule has 0 fully saturated rings. The fourth-order valence-electron chi connectivity index (χ4n) is 6.18. The number of halogens is 2. The van der Waals surface area contributed by atoms with Gasteiger partial charge in [0.15, 0.2) is 0 Å². The molecule has 0 aliphatic heterocycles. The molecule has 47 heavy (non-hydrogen) atoms. The minimum absolute atomic E-state index is 0.00554. The van der Waals surface area contributed by atoms with E-state index in [1.165, 1.54) is 6.07 Å². The van der Waals surface area contributed by atoms with E-state index in [0.29, 0.717) is 28.2 Å². The van der Waals surface area contributed by atoms with E-state index >= 15 is 0 Å². The van der Waals surface area contributed by atoms with E-state index in [0.717, 1.165) is 50.9 Å². The second-order valence-electron chi connectivity index (χ2n) is 11.4. The van der Waals surface area contributed by atoms with Gasteiger partial charge in [0.2, 0.25) is 10.9 Å². The van der Waals surface area contributed by atoms with Gasteiger partial charge in [0.05, 0.1) is 27.5 Å². The van der Waals surface area contributed by atoms with Crippen LogP contribution >= 0.6 is 23.2 Å². The van der Waals surface area contributed by atoms with E-state index in [-0.39, 0.29) is 27.0 Å². The monoisotopic (exact) mass is 664 g/mol. The summed E-state index contributed by atoms with van der Waals surface area (Å²) in [5.74, 6) is -2.92. The minimum Gasteiger partial charge on any atom is -0.477 e. The number of carbonyl (C=O) groups is 2. The highest BCUT2D eigenvalue weighted by atomic mass is 35.5. The summed E-state index contributed by atoms with van der Waals surface area (Å²) in [6.07, 6.45) is 2.58. The molecule has 0 bridgehead atoms. The average molecular weight is 665 g/mol. The van der Waals surface area contributed by atoms with Crippen molar-refractivity contribution in [3.8, 4) is 11.1 Å². The van der Waals surface area contributed by atoms with Gasteiger partial charge in [-0.25, -0.2) is 19.6 Å². The van der Waals surface area contributed by atoms with Gasteiger partial charge in [-0.15, -0.1) is 0 Å². The van der Waals surface area contributed by atoms with Crippen molar-refractivity contribution in [3.05, 3.63) is 125 Å². The number of aromatic carboxylic acids is 2. The van der Waals surface area contributed by atoms with E-state index in [1.807, 2.05) is 44.2 Å². The van der Waals surface area contributed by atoms with E-state index < -0.39 is 33.9 Å². The Labute approximate surface area is 274 Å². The van der Waals surface area contributed by atoms with Crippen LogP contribution in [0.25, 0.3) is 54.7 Å². The van der Waals surface area contributed by atoms with Gasteiger partial charge in [0.1, 0.15) is 21.4 Å². The van der Waals surface area contributed by atoms with Crippen LogP contribution < -0.4 is 10.9 Å². The predicted octanol–water partition coefficient (Wildman–Crippen LogP) is 7.04. The molecule has 0 aliphatic rings. The Morgan fingerprint density at radius 3 is 2.02 bits per heavy atom. The fraction of sp³-hybridized carbons (Fsp3) is 0.0857. The van der Waals surface area contributed by atoms with E-state index in [9.17, 15) is 29.4 Å². The quantitative estimate of drug-likeness (QED) is 0.112. The zero-order valence-corrected chi connectivity index (χ0v) is 26.2. The largest absolute Gasteiger partial charge is 0.477 e. The van der Waals surface area contributed by atoms with Crippen LogP contribution in [-0.4, -0.2) is 42.1 Å². The Kier molecular flexibility index (Phi) is 7.07. The summed E-state index contributed by atoms with van der Waals surface area (Å²) in [4.78, 5) is 65.7. The number of carboxylic acid groups (broad SMARTS) is 2. The number of nitrogens with zero attached hydrogens (tertiary/aromatic N) is 2. The van der Waals surface area contributed by atoms with E-state index in [1.54, 1.807) is 12.1 Å². The zero-order valence-electron chi connectivity index (χ0n) is 24.7. The summed E-state index contributed by atoms with van der Waals surface area (Å²) in [6, 6.07) is 14.8. The van der Waals surface area contributed by atoms with Crippen molar-refractivity contribution >= 4 is 78.8 Å². The van der Waals surface area contributed by atoms with Crippen LogP contribution in [0.3, 0.4) is 0 Å². The third-order valence-electron chi connectivity index (χ3n) is 8.37. The number of fused-ring (bicyclic) bond motifs is 5. The predicted molar refractivity (Wildman–Crippen MR) is 181 cm³/mol. The molecule has 10 nitrogen and oxygen atoms in total. The Morgan fingerprint density at radius 2 is 1.32 bits per heavy atom. The number of aromatic nitrogens is 4. The van der Waals surface area contributed by atoms with Gasteiger partial charge in [-0.05, 0) is 85.0 Å². The number of aromatic amines is 2. The SMILES string of the molecule is Cc1cc(Cl)nc2ccc(Cc3cc(-c4cc5c(=O)c(C(=O)O)c[nH]c5c5c(=O)c(C(=O)O)c[nH]c45)c4nc(Cl)cc(C)c4c3)cc12. The lowest BCUT2D eigenvalue weighted by atomic mass is 9.91. The Balaban J connectivity index is 1.57. The summed E-state index contributed by atoms with van der Waals surface area (Å²) in [5, 5.41) is 21.5. The van der Waals surface area contributed by atoms with Crippen molar-refractivity contribution < 1.29 is 19.8 Å². The number of rotatable bonds is 5. The number of hydrogen-bond donors (Lipinski definition) is 4. The van der Waals surface area contributed by atoms with E-state index in [2.05, 4.69) is 19.9 Å². The first kappa shape index (κ1) is 30.1. The maximum atomic E-state index is 13.6. The molecule has 0 unspecified atom stereocenters. The number of nitrogens with one attached hydrogen (secondary N) is 2. The first-order valence-electron chi connectivity index (χ1n) is 14.3. The van der Waals surface area contributed by atoms with Gasteiger partial charge in [-0.3, -0.25) is 9.59 Å². The molecule has 0 aliphatic carbocycles. The van der Waals surface area contributed by atoms with Gasteiger partial charge in [0.25, 0.3) is 0 Å². The van der Waals surface area contributed by atoms with Gasteiger partial charge < -0.3 is 20.2 Å². The molecular formula is C35H22Cl2N4O6. The van der Waals surface area contributed by atoms with E-state index in [4.69, 9.17) is 23.2 Å². The second-order valence-corrected chi connectivity index (χ2v) is 12.1. The third kappa shape index (κ3) is 4.98. The number of carboxylic acids is 2. The molecule has 4 heterocycles. The van der Waals surface area contributed by atoms with Crippen molar-refractivity contribution in [2.75, 3.05) is 0 Å². The Morgan fingerprint density at radius 1 is 0.702 bits per heavy atom.